The molecule has 31 heavy (non-hydrogen) atoms. The molecule has 5 heteroatoms. The number of pyridine rings is 1. The number of nitrogens with one attached hydrogen (secondary N) is 2. The van der Waals surface area contributed by atoms with Gasteiger partial charge >= 0.3 is 0 Å². The number of ketones is 1. The first-order valence-corrected chi connectivity index (χ1v) is 10.8. The second-order valence-corrected chi connectivity index (χ2v) is 7.59. The Kier molecular flexibility index (Phi) is 6.32. The van der Waals surface area contributed by atoms with Gasteiger partial charge in [0.15, 0.2) is 5.78 Å². The fourth-order valence-corrected chi connectivity index (χ4v) is 3.93. The molecular formula is C26H28N4O. The normalized spacial score (nSPS) is 16.6. The maximum atomic E-state index is 12.8. The molecule has 0 radical (unpaired) electrons. The Morgan fingerprint density at radius 1 is 1.03 bits per heavy atom. The summed E-state index contributed by atoms with van der Waals surface area (Å²) >= 11 is 0. The molecule has 0 aliphatic carbocycles. The molecule has 158 valence electrons. The number of nitrogens with zero attached hydrogens (tertiary/aromatic N) is 2. The molecular weight excluding hydrogens is 384 g/mol. The van der Waals surface area contributed by atoms with Crippen molar-refractivity contribution in [3.63, 3.8) is 0 Å². The van der Waals surface area contributed by atoms with Crippen molar-refractivity contribution in [1.29, 1.82) is 0 Å². The Bertz CT molecular complexity index is 1060. The molecule has 5 nitrogen and oxygen atoms in total. The SMILES string of the molecule is CCN(CC)c1ccc(C2C/C(=C\C(=O)c3ccccc3)Nc3cccnc3N2)cc1. The van der Waals surface area contributed by atoms with Crippen molar-refractivity contribution in [3.8, 4) is 0 Å². The molecule has 2 aromatic carbocycles. The van der Waals surface area contributed by atoms with Crippen LogP contribution in [0.15, 0.2) is 84.7 Å². The van der Waals surface area contributed by atoms with E-state index < -0.39 is 0 Å². The molecule has 0 saturated carbocycles. The minimum absolute atomic E-state index is 0.00391. The van der Waals surface area contributed by atoms with Gasteiger partial charge in [-0.25, -0.2) is 4.98 Å². The molecule has 1 aliphatic heterocycles. The van der Waals surface area contributed by atoms with Gasteiger partial charge in [0.2, 0.25) is 0 Å². The van der Waals surface area contributed by atoms with E-state index in [9.17, 15) is 4.79 Å². The lowest BCUT2D eigenvalue weighted by molar-refractivity contribution is 0.104. The van der Waals surface area contributed by atoms with Crippen LogP contribution in [0.5, 0.6) is 0 Å². The quantitative estimate of drug-likeness (QED) is 0.404. The Morgan fingerprint density at radius 2 is 1.77 bits per heavy atom. The minimum atomic E-state index is -0.00827. The standard InChI is InChI=1S/C26H28N4O/c1-3-30(4-2)22-14-12-19(13-15-22)24-17-21(18-25(31)20-9-6-5-7-10-20)28-23-11-8-16-27-26(23)29-24/h5-16,18,24,28H,3-4,17H2,1-2H3,(H,27,29)/b21-18+. The van der Waals surface area contributed by atoms with Gasteiger partial charge in [0, 0.05) is 48.7 Å². The minimum Gasteiger partial charge on any atom is -0.372 e. The van der Waals surface area contributed by atoms with E-state index in [1.54, 1.807) is 12.3 Å². The maximum absolute atomic E-state index is 12.8. The first-order valence-electron chi connectivity index (χ1n) is 10.8. The zero-order valence-corrected chi connectivity index (χ0v) is 18.0. The number of hydrogen-bond acceptors (Lipinski definition) is 5. The van der Waals surface area contributed by atoms with Gasteiger partial charge in [0.05, 0.1) is 11.7 Å². The first-order chi connectivity index (χ1) is 15.2. The predicted molar refractivity (Wildman–Crippen MR) is 128 cm³/mol. The van der Waals surface area contributed by atoms with Crippen LogP contribution in [0.25, 0.3) is 0 Å². The van der Waals surface area contributed by atoms with Crippen molar-refractivity contribution in [2.45, 2.75) is 26.3 Å². The van der Waals surface area contributed by atoms with E-state index in [0.717, 1.165) is 35.9 Å². The van der Waals surface area contributed by atoms with Crippen LogP contribution < -0.4 is 15.5 Å². The zero-order chi connectivity index (χ0) is 21.6. The molecule has 2 heterocycles. The van der Waals surface area contributed by atoms with Crippen LogP contribution in [-0.4, -0.2) is 23.9 Å². The summed E-state index contributed by atoms with van der Waals surface area (Å²) in [4.78, 5) is 19.6. The number of anilines is 3. The average Bonchev–Trinajstić information content (AvgIpc) is 3.00. The van der Waals surface area contributed by atoms with Gasteiger partial charge in [-0.1, -0.05) is 42.5 Å². The van der Waals surface area contributed by atoms with Crippen LogP contribution in [0.4, 0.5) is 17.2 Å². The molecule has 0 amide bonds. The van der Waals surface area contributed by atoms with Crippen molar-refractivity contribution >= 4 is 23.0 Å². The number of hydrogen-bond donors (Lipinski definition) is 2. The lowest BCUT2D eigenvalue weighted by Crippen LogP contribution is -2.21. The lowest BCUT2D eigenvalue weighted by Gasteiger charge is -2.23. The van der Waals surface area contributed by atoms with Crippen molar-refractivity contribution in [2.75, 3.05) is 28.6 Å². The number of aromatic nitrogens is 1. The van der Waals surface area contributed by atoms with Crippen LogP contribution in [0, 0.1) is 0 Å². The molecule has 1 aromatic heterocycles. The summed E-state index contributed by atoms with van der Waals surface area (Å²) in [6.07, 6.45) is 4.13. The summed E-state index contributed by atoms with van der Waals surface area (Å²) in [5, 5.41) is 6.97. The van der Waals surface area contributed by atoms with Crippen molar-refractivity contribution in [1.82, 2.24) is 4.98 Å². The maximum Gasteiger partial charge on any atom is 0.187 e. The second-order valence-electron chi connectivity index (χ2n) is 7.59. The van der Waals surface area contributed by atoms with Gasteiger partial charge in [-0.05, 0) is 43.7 Å². The smallest absolute Gasteiger partial charge is 0.187 e. The van der Waals surface area contributed by atoms with Gasteiger partial charge in [0.1, 0.15) is 5.82 Å². The molecule has 1 atom stereocenters. The highest BCUT2D eigenvalue weighted by molar-refractivity contribution is 6.05. The van der Waals surface area contributed by atoms with Gasteiger partial charge in [-0.2, -0.15) is 0 Å². The van der Waals surface area contributed by atoms with E-state index in [-0.39, 0.29) is 11.8 Å². The summed E-state index contributed by atoms with van der Waals surface area (Å²) < 4.78 is 0. The molecule has 2 N–H and O–H groups in total. The van der Waals surface area contributed by atoms with Crippen molar-refractivity contribution in [2.24, 2.45) is 0 Å². The molecule has 0 fully saturated rings. The summed E-state index contributed by atoms with van der Waals surface area (Å²) in [5.74, 6) is 0.780. The fraction of sp³-hybridized carbons (Fsp3) is 0.231. The third kappa shape index (κ3) is 4.77. The lowest BCUT2D eigenvalue weighted by atomic mass is 10.0. The summed E-state index contributed by atoms with van der Waals surface area (Å²) in [6.45, 7) is 6.29. The van der Waals surface area contributed by atoms with Crippen LogP contribution in [-0.2, 0) is 0 Å². The van der Waals surface area contributed by atoms with Crippen molar-refractivity contribution in [3.05, 3.63) is 95.8 Å². The van der Waals surface area contributed by atoms with Crippen LogP contribution in [0.2, 0.25) is 0 Å². The largest absolute Gasteiger partial charge is 0.372 e. The highest BCUT2D eigenvalue weighted by Gasteiger charge is 2.21. The van der Waals surface area contributed by atoms with Gasteiger partial charge in [-0.15, -0.1) is 0 Å². The topological polar surface area (TPSA) is 57.3 Å². The van der Waals surface area contributed by atoms with E-state index in [2.05, 4.69) is 58.6 Å². The van der Waals surface area contributed by atoms with E-state index in [0.29, 0.717) is 12.0 Å². The van der Waals surface area contributed by atoms with Crippen LogP contribution in [0.3, 0.4) is 0 Å². The Hall–Kier alpha value is -3.60. The Balaban J connectivity index is 1.65. The highest BCUT2D eigenvalue weighted by atomic mass is 16.1. The number of rotatable bonds is 6. The molecule has 1 aliphatic rings. The first kappa shape index (κ1) is 20.7. The Morgan fingerprint density at radius 3 is 2.48 bits per heavy atom. The summed E-state index contributed by atoms with van der Waals surface area (Å²) in [7, 11) is 0. The number of fused-ring (bicyclic) bond motifs is 1. The molecule has 4 rings (SSSR count). The Labute approximate surface area is 183 Å². The van der Waals surface area contributed by atoms with E-state index in [4.69, 9.17) is 0 Å². The third-order valence-corrected chi connectivity index (χ3v) is 5.63. The number of carbonyl (C=O) groups is 1. The van der Waals surface area contributed by atoms with Crippen molar-refractivity contribution < 1.29 is 4.79 Å². The van der Waals surface area contributed by atoms with Gasteiger partial charge in [0.25, 0.3) is 0 Å². The number of benzene rings is 2. The van der Waals surface area contributed by atoms with E-state index in [1.165, 1.54) is 5.69 Å². The zero-order valence-electron chi connectivity index (χ0n) is 18.0. The number of carbonyl (C=O) groups excluding carboxylic acids is 1. The van der Waals surface area contributed by atoms with Gasteiger partial charge < -0.3 is 15.5 Å². The molecule has 0 spiro atoms. The fourth-order valence-electron chi connectivity index (χ4n) is 3.93. The average molecular weight is 413 g/mol. The molecule has 3 aromatic rings. The molecule has 1 unspecified atom stereocenters. The second kappa shape index (κ2) is 9.47. The van der Waals surface area contributed by atoms with E-state index >= 15 is 0 Å². The third-order valence-electron chi connectivity index (χ3n) is 5.63. The van der Waals surface area contributed by atoms with Gasteiger partial charge in [-0.3, -0.25) is 4.79 Å². The summed E-state index contributed by atoms with van der Waals surface area (Å²) in [6, 6.07) is 21.9. The van der Waals surface area contributed by atoms with Crippen LogP contribution in [0.1, 0.15) is 42.2 Å². The molecule has 0 bridgehead atoms. The number of allylic oxidation sites excluding steroid dienone is 1. The predicted octanol–water partition coefficient (Wildman–Crippen LogP) is 5.66. The summed E-state index contributed by atoms with van der Waals surface area (Å²) in [5.41, 5.74) is 4.80. The van der Waals surface area contributed by atoms with Crippen LogP contribution >= 0.6 is 0 Å². The molecule has 0 saturated heterocycles. The highest BCUT2D eigenvalue weighted by Crippen LogP contribution is 2.34. The monoisotopic (exact) mass is 412 g/mol. The van der Waals surface area contributed by atoms with E-state index in [1.807, 2.05) is 42.5 Å².